The predicted molar refractivity (Wildman–Crippen MR) is 90.5 cm³/mol. The third-order valence-electron chi connectivity index (χ3n) is 4.67. The Morgan fingerprint density at radius 1 is 1.25 bits per heavy atom. The summed E-state index contributed by atoms with van der Waals surface area (Å²) < 4.78 is 13.1. The summed E-state index contributed by atoms with van der Waals surface area (Å²) in [6.45, 7) is 0.674. The molecular weight excluding hydrogens is 333 g/mol. The Hall–Kier alpha value is -1.82. The molecule has 3 rings (SSSR count). The monoisotopic (exact) mass is 353 g/mol. The van der Waals surface area contributed by atoms with E-state index in [0.717, 1.165) is 31.7 Å². The molecule has 2 aliphatic carbocycles. The number of anilines is 1. The molecule has 0 atom stereocenters. The summed E-state index contributed by atoms with van der Waals surface area (Å²) in [7, 11) is 0. The van der Waals surface area contributed by atoms with E-state index in [1.807, 2.05) is 0 Å². The highest BCUT2D eigenvalue weighted by atomic mass is 35.5. The van der Waals surface area contributed by atoms with E-state index in [0.29, 0.717) is 31.0 Å². The van der Waals surface area contributed by atoms with Crippen LogP contribution in [0, 0.1) is 11.7 Å². The fourth-order valence-corrected chi connectivity index (χ4v) is 3.29. The molecule has 2 fully saturated rings. The Kier molecular flexibility index (Phi) is 4.94. The van der Waals surface area contributed by atoms with Crippen molar-refractivity contribution in [1.82, 2.24) is 10.6 Å². The smallest absolute Gasteiger partial charge is 0.320 e. The summed E-state index contributed by atoms with van der Waals surface area (Å²) in [6, 6.07) is 3.23. The van der Waals surface area contributed by atoms with Gasteiger partial charge >= 0.3 is 6.03 Å². The maximum absolute atomic E-state index is 13.1. The molecule has 130 valence electrons. The second-order valence-electron chi connectivity index (χ2n) is 6.65. The Morgan fingerprint density at radius 3 is 2.58 bits per heavy atom. The van der Waals surface area contributed by atoms with E-state index < -0.39 is 17.4 Å². The summed E-state index contributed by atoms with van der Waals surface area (Å²) in [5, 5.41) is 8.48. The van der Waals surface area contributed by atoms with Gasteiger partial charge in [-0.1, -0.05) is 24.4 Å². The van der Waals surface area contributed by atoms with Crippen molar-refractivity contribution in [2.75, 3.05) is 11.9 Å². The molecule has 1 aromatic carbocycles. The standard InChI is InChI=1S/C17H21ClFN3O2/c18-13-9-12(19)5-6-14(13)21-16(24)22-17(7-1-2-8-17)15(23)20-10-11-3-4-11/h5-6,9,11H,1-4,7-8,10H2,(H,20,23)(H2,21,22,24). The number of hydrogen-bond donors (Lipinski definition) is 3. The molecule has 0 bridgehead atoms. The Balaban J connectivity index is 1.63. The van der Waals surface area contributed by atoms with E-state index in [2.05, 4.69) is 16.0 Å². The van der Waals surface area contributed by atoms with Gasteiger partial charge in [0.25, 0.3) is 0 Å². The highest BCUT2D eigenvalue weighted by molar-refractivity contribution is 6.33. The molecule has 2 saturated carbocycles. The van der Waals surface area contributed by atoms with Gasteiger partial charge in [-0.25, -0.2) is 9.18 Å². The molecule has 3 N–H and O–H groups in total. The molecular formula is C17H21ClFN3O2. The van der Waals surface area contributed by atoms with Crippen molar-refractivity contribution in [2.45, 2.75) is 44.1 Å². The zero-order chi connectivity index (χ0) is 17.2. The molecule has 7 heteroatoms. The van der Waals surface area contributed by atoms with E-state index >= 15 is 0 Å². The molecule has 0 unspecified atom stereocenters. The van der Waals surface area contributed by atoms with Crippen LogP contribution < -0.4 is 16.0 Å². The average Bonchev–Trinajstić information content (AvgIpc) is 3.25. The number of hydrogen-bond acceptors (Lipinski definition) is 2. The molecule has 0 spiro atoms. The Morgan fingerprint density at radius 2 is 1.96 bits per heavy atom. The second kappa shape index (κ2) is 6.97. The second-order valence-corrected chi connectivity index (χ2v) is 7.05. The molecule has 24 heavy (non-hydrogen) atoms. The number of carbonyl (C=O) groups excluding carboxylic acids is 2. The van der Waals surface area contributed by atoms with Crippen molar-refractivity contribution >= 4 is 29.2 Å². The van der Waals surface area contributed by atoms with Crippen molar-refractivity contribution in [3.8, 4) is 0 Å². The van der Waals surface area contributed by atoms with Gasteiger partial charge in [0.1, 0.15) is 11.4 Å². The summed E-state index contributed by atoms with van der Waals surface area (Å²) in [6.07, 6.45) is 5.35. The molecule has 0 aromatic heterocycles. The number of rotatable bonds is 5. The van der Waals surface area contributed by atoms with Gasteiger partial charge in [-0.3, -0.25) is 4.79 Å². The van der Waals surface area contributed by atoms with Crippen LogP contribution in [0.15, 0.2) is 18.2 Å². The maximum atomic E-state index is 13.1. The lowest BCUT2D eigenvalue weighted by molar-refractivity contribution is -0.127. The fraction of sp³-hybridized carbons (Fsp3) is 0.529. The van der Waals surface area contributed by atoms with Gasteiger partial charge in [-0.05, 0) is 49.8 Å². The number of halogens is 2. The van der Waals surface area contributed by atoms with Crippen LogP contribution in [-0.4, -0.2) is 24.0 Å². The third-order valence-corrected chi connectivity index (χ3v) is 4.98. The van der Waals surface area contributed by atoms with Crippen LogP contribution in [0.4, 0.5) is 14.9 Å². The first kappa shape index (κ1) is 17.0. The fourth-order valence-electron chi connectivity index (χ4n) is 3.08. The number of amides is 3. The summed E-state index contributed by atoms with van der Waals surface area (Å²) in [5.41, 5.74) is -0.562. The predicted octanol–water partition coefficient (Wildman–Crippen LogP) is 3.44. The van der Waals surface area contributed by atoms with Crippen LogP contribution in [0.1, 0.15) is 38.5 Å². The highest BCUT2D eigenvalue weighted by Gasteiger charge is 2.42. The first-order valence-corrected chi connectivity index (χ1v) is 8.69. The molecule has 0 heterocycles. The summed E-state index contributed by atoms with van der Waals surface area (Å²) in [4.78, 5) is 24.9. The third kappa shape index (κ3) is 3.98. The SMILES string of the molecule is O=C(Nc1ccc(F)cc1Cl)NC1(C(=O)NCC2CC2)CCCC1. The zero-order valence-electron chi connectivity index (χ0n) is 13.3. The molecule has 0 radical (unpaired) electrons. The lowest BCUT2D eigenvalue weighted by atomic mass is 9.96. The van der Waals surface area contributed by atoms with Crippen molar-refractivity contribution < 1.29 is 14.0 Å². The van der Waals surface area contributed by atoms with E-state index in [4.69, 9.17) is 11.6 Å². The lowest BCUT2D eigenvalue weighted by Gasteiger charge is -2.29. The van der Waals surface area contributed by atoms with Crippen LogP contribution in [0.25, 0.3) is 0 Å². The van der Waals surface area contributed by atoms with Crippen LogP contribution in [0.2, 0.25) is 5.02 Å². The minimum Gasteiger partial charge on any atom is -0.354 e. The topological polar surface area (TPSA) is 70.2 Å². The summed E-state index contributed by atoms with van der Waals surface area (Å²) >= 11 is 5.92. The quantitative estimate of drug-likeness (QED) is 0.758. The largest absolute Gasteiger partial charge is 0.354 e. The average molecular weight is 354 g/mol. The van der Waals surface area contributed by atoms with Crippen LogP contribution >= 0.6 is 11.6 Å². The molecule has 0 saturated heterocycles. The van der Waals surface area contributed by atoms with Gasteiger partial charge in [0.05, 0.1) is 10.7 Å². The number of benzene rings is 1. The molecule has 1 aromatic rings. The van der Waals surface area contributed by atoms with E-state index in [1.54, 1.807) is 0 Å². The van der Waals surface area contributed by atoms with Gasteiger partial charge in [0.15, 0.2) is 0 Å². The normalized spacial score (nSPS) is 18.9. The van der Waals surface area contributed by atoms with Crippen molar-refractivity contribution in [2.24, 2.45) is 5.92 Å². The Bertz CT molecular complexity index is 643. The van der Waals surface area contributed by atoms with Crippen LogP contribution in [0.3, 0.4) is 0 Å². The molecule has 2 aliphatic rings. The van der Waals surface area contributed by atoms with Crippen LogP contribution in [0.5, 0.6) is 0 Å². The summed E-state index contributed by atoms with van der Waals surface area (Å²) in [5.74, 6) is -0.0100. The van der Waals surface area contributed by atoms with E-state index in [-0.39, 0.29) is 10.9 Å². The van der Waals surface area contributed by atoms with Gasteiger partial charge in [0, 0.05) is 6.54 Å². The van der Waals surface area contributed by atoms with Gasteiger partial charge in [-0.2, -0.15) is 0 Å². The van der Waals surface area contributed by atoms with E-state index in [1.165, 1.54) is 12.1 Å². The van der Waals surface area contributed by atoms with Gasteiger partial charge in [-0.15, -0.1) is 0 Å². The molecule has 0 aliphatic heterocycles. The van der Waals surface area contributed by atoms with Gasteiger partial charge < -0.3 is 16.0 Å². The van der Waals surface area contributed by atoms with Crippen molar-refractivity contribution in [1.29, 1.82) is 0 Å². The molecule has 3 amide bonds. The minimum atomic E-state index is -0.870. The first-order valence-electron chi connectivity index (χ1n) is 8.31. The lowest BCUT2D eigenvalue weighted by Crippen LogP contribution is -2.58. The minimum absolute atomic E-state index is 0.115. The Labute approximate surface area is 145 Å². The van der Waals surface area contributed by atoms with Crippen molar-refractivity contribution in [3.05, 3.63) is 29.0 Å². The van der Waals surface area contributed by atoms with Crippen molar-refractivity contribution in [3.63, 3.8) is 0 Å². The zero-order valence-corrected chi connectivity index (χ0v) is 14.1. The van der Waals surface area contributed by atoms with E-state index in [9.17, 15) is 14.0 Å². The number of carbonyl (C=O) groups is 2. The first-order chi connectivity index (χ1) is 11.5. The van der Waals surface area contributed by atoms with Gasteiger partial charge in [0.2, 0.25) is 5.91 Å². The molecule has 5 nitrogen and oxygen atoms in total. The number of urea groups is 1. The maximum Gasteiger partial charge on any atom is 0.320 e. The highest BCUT2D eigenvalue weighted by Crippen LogP contribution is 2.32. The number of nitrogens with one attached hydrogen (secondary N) is 3. The van der Waals surface area contributed by atoms with Crippen LogP contribution in [-0.2, 0) is 4.79 Å².